The first kappa shape index (κ1) is 22.7. The fourth-order valence-electron chi connectivity index (χ4n) is 4.87. The van der Waals surface area contributed by atoms with Gasteiger partial charge in [-0.05, 0) is 30.2 Å². The fraction of sp³-hybridized carbons (Fsp3) is 0.500. The lowest BCUT2D eigenvalue weighted by Gasteiger charge is -2.42. The van der Waals surface area contributed by atoms with Crippen molar-refractivity contribution in [2.24, 2.45) is 0 Å². The lowest BCUT2D eigenvalue weighted by Crippen LogP contribution is -2.57. The molecule has 3 aromatic heterocycles. The van der Waals surface area contributed by atoms with Gasteiger partial charge in [-0.15, -0.1) is 10.2 Å². The first-order valence-electron chi connectivity index (χ1n) is 12.6. The van der Waals surface area contributed by atoms with E-state index in [0.29, 0.717) is 42.7 Å². The van der Waals surface area contributed by atoms with Crippen molar-refractivity contribution >= 4 is 22.5 Å². The van der Waals surface area contributed by atoms with Crippen molar-refractivity contribution in [2.45, 2.75) is 30.7 Å². The molecule has 196 valence electrons. The lowest BCUT2D eigenvalue weighted by molar-refractivity contribution is -0.0794. The maximum Gasteiger partial charge on any atom is 0.244 e. The fourth-order valence-corrected chi connectivity index (χ4v) is 4.87. The zero-order chi connectivity index (χ0) is 26.4. The molecule has 0 bridgehead atoms. The Balaban J connectivity index is 1.28. The number of anilines is 1. The Labute approximate surface area is 211 Å². The Morgan fingerprint density at radius 3 is 2.81 bits per heavy atom. The molecule has 5 heterocycles. The molecule has 6 rings (SSSR count). The summed E-state index contributed by atoms with van der Waals surface area (Å²) in [6, 6.07) is 4.76. The van der Waals surface area contributed by atoms with Gasteiger partial charge < -0.3 is 14.8 Å². The Morgan fingerprint density at radius 1 is 1.27 bits per heavy atom. The molecule has 1 aromatic carbocycles. The number of hydrogen-bond acceptors (Lipinski definition) is 8. The summed E-state index contributed by atoms with van der Waals surface area (Å²) in [5, 5.41) is 15.6. The van der Waals surface area contributed by atoms with Crippen LogP contribution in [0.15, 0.2) is 30.5 Å². The van der Waals surface area contributed by atoms with E-state index in [1.54, 1.807) is 22.8 Å². The zero-order valence-electron chi connectivity index (χ0n) is 21.1. The molecule has 0 amide bonds. The Hall–Kier alpha value is -3.45. The molecule has 13 heteroatoms. The van der Waals surface area contributed by atoms with Crippen LogP contribution in [0.4, 0.5) is 19.1 Å². The van der Waals surface area contributed by atoms with E-state index >= 15 is 4.39 Å². The van der Waals surface area contributed by atoms with Crippen LogP contribution >= 0.6 is 0 Å². The van der Waals surface area contributed by atoms with Crippen LogP contribution in [0, 0.1) is 0 Å². The molecule has 2 fully saturated rings. The second-order valence-electron chi connectivity index (χ2n) is 9.23. The molecule has 0 aliphatic carbocycles. The van der Waals surface area contributed by atoms with Gasteiger partial charge in [-0.2, -0.15) is 4.98 Å². The quantitative estimate of drug-likeness (QED) is 0.381. The van der Waals surface area contributed by atoms with Crippen LogP contribution in [-0.2, 0) is 4.74 Å². The lowest BCUT2D eigenvalue weighted by atomic mass is 10.0. The van der Waals surface area contributed by atoms with Crippen molar-refractivity contribution in [1.29, 1.82) is 0 Å². The number of nitrogens with one attached hydrogen (secondary N) is 1. The van der Waals surface area contributed by atoms with Gasteiger partial charge in [0.05, 0.1) is 39.3 Å². The van der Waals surface area contributed by atoms with Gasteiger partial charge >= 0.3 is 0 Å². The smallest absolute Gasteiger partial charge is 0.244 e. The molecule has 2 atom stereocenters. The number of nitrogens with zero attached hydrogens (tertiary/aromatic N) is 7. The molecular weight excluding hydrogens is 489 g/mol. The van der Waals surface area contributed by atoms with Crippen LogP contribution < -0.4 is 10.1 Å². The highest BCUT2D eigenvalue weighted by atomic mass is 19.1. The van der Waals surface area contributed by atoms with E-state index in [4.69, 9.17) is 10.8 Å². The third kappa shape index (κ3) is 4.25. The predicted octanol–water partition coefficient (Wildman–Crippen LogP) is 2.85. The normalized spacial score (nSPS) is 22.4. The van der Waals surface area contributed by atoms with E-state index in [0.717, 1.165) is 11.1 Å². The summed E-state index contributed by atoms with van der Waals surface area (Å²) in [4.78, 5) is 6.32. The Kier molecular flexibility index (Phi) is 6.01. The van der Waals surface area contributed by atoms with Crippen LogP contribution in [0.2, 0.25) is 0 Å². The average molecular weight is 518 g/mol. The van der Waals surface area contributed by atoms with Gasteiger partial charge in [0.2, 0.25) is 11.8 Å². The van der Waals surface area contributed by atoms with Crippen molar-refractivity contribution in [3.8, 4) is 17.0 Å². The number of hydrogen-bond donors (Lipinski definition) is 1. The predicted molar refractivity (Wildman–Crippen MR) is 130 cm³/mol. The molecule has 37 heavy (non-hydrogen) atoms. The van der Waals surface area contributed by atoms with Gasteiger partial charge in [-0.3, -0.25) is 4.90 Å². The number of fused-ring (bicyclic) bond motifs is 2. The second-order valence-corrected chi connectivity index (χ2v) is 9.23. The molecule has 2 aliphatic rings. The number of rotatable bonds is 8. The maximum absolute atomic E-state index is 15.1. The largest absolute Gasteiger partial charge is 0.479 e. The third-order valence-corrected chi connectivity index (χ3v) is 7.00. The minimum Gasteiger partial charge on any atom is -0.479 e. The van der Waals surface area contributed by atoms with E-state index in [-0.39, 0.29) is 18.4 Å². The molecule has 0 saturated carbocycles. The highest BCUT2D eigenvalue weighted by Crippen LogP contribution is 2.33. The number of alkyl halides is 3. The van der Waals surface area contributed by atoms with Crippen molar-refractivity contribution in [2.75, 3.05) is 52.1 Å². The molecular formula is C24H27F3N8O2. The first-order chi connectivity index (χ1) is 18.4. The van der Waals surface area contributed by atoms with E-state index < -0.39 is 37.6 Å². The number of piperidine rings is 1. The van der Waals surface area contributed by atoms with Gasteiger partial charge in [-0.25, -0.2) is 22.4 Å². The maximum atomic E-state index is 15.1. The Morgan fingerprint density at radius 2 is 2.11 bits per heavy atom. The molecule has 2 aliphatic heterocycles. The summed E-state index contributed by atoms with van der Waals surface area (Å²) in [5.74, 6) is 0.501. The number of halogens is 3. The Bertz CT molecular complexity index is 1460. The molecule has 4 aromatic rings. The number of aromatic nitrogens is 6. The monoisotopic (exact) mass is 517 g/mol. The average Bonchev–Trinajstić information content (AvgIpc) is 3.53. The minimum absolute atomic E-state index is 0.136. The summed E-state index contributed by atoms with van der Waals surface area (Å²) in [6.07, 6.45) is 1.02. The van der Waals surface area contributed by atoms with Gasteiger partial charge in [-0.1, -0.05) is 11.3 Å². The van der Waals surface area contributed by atoms with Crippen molar-refractivity contribution < 1.29 is 24.0 Å². The van der Waals surface area contributed by atoms with Crippen LogP contribution in [0.1, 0.15) is 13.8 Å². The van der Waals surface area contributed by atoms with Gasteiger partial charge in [0, 0.05) is 24.8 Å². The topological polar surface area (TPSA) is 94.6 Å². The molecule has 0 unspecified atom stereocenters. The summed E-state index contributed by atoms with van der Waals surface area (Å²) in [7, 11) is 1.49. The van der Waals surface area contributed by atoms with E-state index in [9.17, 15) is 8.78 Å². The number of likely N-dealkylation sites (tertiary alicyclic amines) is 1. The number of ether oxygens (including phenoxy) is 2. The van der Waals surface area contributed by atoms with E-state index in [1.165, 1.54) is 11.8 Å². The van der Waals surface area contributed by atoms with Crippen molar-refractivity contribution in [3.63, 3.8) is 0 Å². The van der Waals surface area contributed by atoms with Gasteiger partial charge in [0.15, 0.2) is 0 Å². The summed E-state index contributed by atoms with van der Waals surface area (Å²) < 4.78 is 63.7. The highest BCUT2D eigenvalue weighted by molar-refractivity contribution is 5.89. The molecule has 2 saturated heterocycles. The summed E-state index contributed by atoms with van der Waals surface area (Å²) in [5.41, 5.74) is 3.08. The molecule has 0 spiro atoms. The summed E-state index contributed by atoms with van der Waals surface area (Å²) in [6.45, 7) is -0.508. The standard InChI is InChI=1S/C24H27F3N8O2/c1-36-23-22-17(14-2-3-20-21(8-14)35(32-30-20)15(9-25)10-26)4-7-34(22)31-24(29-23)28-19-5-6-33(11-18(19)27)16-12-37-13-16/h2-4,7-8,15-16,18-19H,5-6,9-13H2,1H3,(H,28,31)/t18-,19+/m0/s1/i16D. The highest BCUT2D eigenvalue weighted by Gasteiger charge is 2.35. The third-order valence-electron chi connectivity index (χ3n) is 7.00. The van der Waals surface area contributed by atoms with Crippen molar-refractivity contribution in [3.05, 3.63) is 30.5 Å². The molecule has 10 nitrogen and oxygen atoms in total. The van der Waals surface area contributed by atoms with Gasteiger partial charge in [0.1, 0.15) is 36.6 Å². The van der Waals surface area contributed by atoms with Crippen LogP contribution in [0.25, 0.3) is 27.7 Å². The zero-order valence-corrected chi connectivity index (χ0v) is 20.1. The van der Waals surface area contributed by atoms with E-state index in [2.05, 4.69) is 25.7 Å². The molecule has 0 radical (unpaired) electrons. The minimum atomic E-state index is -1.21. The van der Waals surface area contributed by atoms with Gasteiger partial charge in [0.25, 0.3) is 0 Å². The second kappa shape index (κ2) is 9.78. The SMILES string of the molecule is [2H]C1(N2CC[C@@H](Nc3nc(OC)c4c(-c5ccc6nnn(C(CF)CF)c6c5)ccn4n3)[C@@H](F)C2)COC1. The van der Waals surface area contributed by atoms with Crippen molar-refractivity contribution in [1.82, 2.24) is 34.5 Å². The first-order valence-corrected chi connectivity index (χ1v) is 12.1. The number of benzene rings is 1. The molecule has 1 N–H and O–H groups in total. The number of methoxy groups -OCH3 is 1. The summed E-state index contributed by atoms with van der Waals surface area (Å²) >= 11 is 0. The van der Waals surface area contributed by atoms with Crippen LogP contribution in [0.5, 0.6) is 5.88 Å². The van der Waals surface area contributed by atoms with E-state index in [1.807, 2.05) is 17.0 Å². The van der Waals surface area contributed by atoms with Crippen LogP contribution in [0.3, 0.4) is 0 Å². The van der Waals surface area contributed by atoms with Crippen LogP contribution in [-0.4, -0.2) is 99.5 Å².